The van der Waals surface area contributed by atoms with Crippen molar-refractivity contribution in [1.29, 1.82) is 0 Å². The minimum absolute atomic E-state index is 0.0594. The van der Waals surface area contributed by atoms with Crippen LogP contribution in [-0.2, 0) is 16.1 Å². The Hall–Kier alpha value is -1.23. The fourth-order valence-electron chi connectivity index (χ4n) is 1.39. The summed E-state index contributed by atoms with van der Waals surface area (Å²) in [5.74, 6) is 0.243. The first kappa shape index (κ1) is 8.37. The largest absolute Gasteiger partial charge is 0.381 e. The molecule has 2 heterocycles. The molecule has 1 aliphatic rings. The van der Waals surface area contributed by atoms with Gasteiger partial charge in [-0.05, 0) is 6.42 Å². The topological polar surface area (TPSA) is 57.0 Å². The van der Waals surface area contributed by atoms with E-state index in [0.29, 0.717) is 19.8 Å². The van der Waals surface area contributed by atoms with Crippen molar-refractivity contribution < 1.29 is 9.53 Å². The van der Waals surface area contributed by atoms with Crippen LogP contribution in [0.3, 0.4) is 0 Å². The number of ketones is 1. The van der Waals surface area contributed by atoms with Crippen LogP contribution in [0.4, 0.5) is 0 Å². The predicted molar refractivity (Wildman–Crippen MR) is 44.0 cm³/mol. The van der Waals surface area contributed by atoms with Crippen LogP contribution >= 0.6 is 0 Å². The van der Waals surface area contributed by atoms with Gasteiger partial charge in [-0.1, -0.05) is 0 Å². The molecule has 0 spiro atoms. The Morgan fingerprint density at radius 3 is 3.23 bits per heavy atom. The molecule has 0 bridgehead atoms. The van der Waals surface area contributed by atoms with Gasteiger partial charge in [0.2, 0.25) is 0 Å². The molecule has 0 aromatic carbocycles. The number of nitrogens with zero attached hydrogens (tertiary/aromatic N) is 3. The molecule has 0 amide bonds. The van der Waals surface area contributed by atoms with E-state index in [4.69, 9.17) is 4.74 Å². The number of rotatable bonds is 3. The Kier molecular flexibility index (Phi) is 2.35. The van der Waals surface area contributed by atoms with Crippen LogP contribution in [0.1, 0.15) is 6.42 Å². The quantitative estimate of drug-likeness (QED) is 0.652. The van der Waals surface area contributed by atoms with E-state index in [2.05, 4.69) is 10.1 Å². The van der Waals surface area contributed by atoms with Crippen LogP contribution in [0.15, 0.2) is 12.7 Å². The van der Waals surface area contributed by atoms with Gasteiger partial charge in [0.05, 0.1) is 6.61 Å². The summed E-state index contributed by atoms with van der Waals surface area (Å²) in [5, 5.41) is 3.87. The molecule has 1 unspecified atom stereocenters. The lowest BCUT2D eigenvalue weighted by atomic mass is 10.0. The van der Waals surface area contributed by atoms with Crippen molar-refractivity contribution >= 4 is 5.78 Å². The smallest absolute Gasteiger partial charge is 0.159 e. The van der Waals surface area contributed by atoms with Crippen molar-refractivity contribution in [2.24, 2.45) is 5.92 Å². The van der Waals surface area contributed by atoms with Crippen LogP contribution < -0.4 is 0 Å². The normalized spacial score (nSPS) is 22.0. The van der Waals surface area contributed by atoms with Gasteiger partial charge in [-0.3, -0.25) is 4.79 Å². The van der Waals surface area contributed by atoms with E-state index >= 15 is 0 Å². The third-order valence-electron chi connectivity index (χ3n) is 2.17. The summed E-state index contributed by atoms with van der Waals surface area (Å²) in [4.78, 5) is 15.3. The summed E-state index contributed by atoms with van der Waals surface area (Å²) in [5.41, 5.74) is 0. The molecule has 1 atom stereocenters. The van der Waals surface area contributed by atoms with E-state index in [-0.39, 0.29) is 11.7 Å². The number of carbonyl (C=O) groups excluding carboxylic acids is 1. The second kappa shape index (κ2) is 3.66. The molecule has 13 heavy (non-hydrogen) atoms. The average Bonchev–Trinajstić information content (AvgIpc) is 2.74. The van der Waals surface area contributed by atoms with E-state index in [1.165, 1.54) is 6.33 Å². The summed E-state index contributed by atoms with van der Waals surface area (Å²) in [6, 6.07) is 0. The zero-order valence-corrected chi connectivity index (χ0v) is 7.22. The first-order valence-electron chi connectivity index (χ1n) is 4.29. The predicted octanol–water partition coefficient (Wildman–Crippen LogP) is -0.116. The Morgan fingerprint density at radius 1 is 1.69 bits per heavy atom. The molecular weight excluding hydrogens is 170 g/mol. The lowest BCUT2D eigenvalue weighted by Gasteiger charge is -2.05. The molecule has 0 saturated carbocycles. The number of ether oxygens (including phenoxy) is 1. The van der Waals surface area contributed by atoms with Crippen molar-refractivity contribution in [3.8, 4) is 0 Å². The van der Waals surface area contributed by atoms with Gasteiger partial charge in [0, 0.05) is 12.5 Å². The van der Waals surface area contributed by atoms with Crippen molar-refractivity contribution in [2.75, 3.05) is 13.2 Å². The monoisotopic (exact) mass is 181 g/mol. The molecule has 1 aromatic heterocycles. The number of hydrogen-bond acceptors (Lipinski definition) is 4. The van der Waals surface area contributed by atoms with Gasteiger partial charge in [0.15, 0.2) is 5.78 Å². The van der Waals surface area contributed by atoms with E-state index < -0.39 is 0 Å². The number of carbonyl (C=O) groups is 1. The van der Waals surface area contributed by atoms with Gasteiger partial charge in [0.1, 0.15) is 19.2 Å². The molecular formula is C8H11N3O2. The van der Waals surface area contributed by atoms with Gasteiger partial charge in [-0.25, -0.2) is 9.67 Å². The second-order valence-corrected chi connectivity index (χ2v) is 3.12. The molecule has 5 nitrogen and oxygen atoms in total. The minimum Gasteiger partial charge on any atom is -0.381 e. The number of hydrogen-bond donors (Lipinski definition) is 0. The number of Topliss-reactive ketones (excluding diaryl/α,β-unsaturated/α-hetero) is 1. The van der Waals surface area contributed by atoms with E-state index in [0.717, 1.165) is 6.42 Å². The SMILES string of the molecule is O=C(Cn1cncn1)C1CCOC1. The highest BCUT2D eigenvalue weighted by Gasteiger charge is 2.23. The number of aromatic nitrogens is 3. The molecule has 0 aliphatic carbocycles. The Morgan fingerprint density at radius 2 is 2.62 bits per heavy atom. The lowest BCUT2D eigenvalue weighted by Crippen LogP contribution is -2.20. The van der Waals surface area contributed by atoms with Gasteiger partial charge < -0.3 is 4.74 Å². The molecule has 1 fully saturated rings. The van der Waals surface area contributed by atoms with Crippen LogP contribution in [0, 0.1) is 5.92 Å². The fourth-order valence-corrected chi connectivity index (χ4v) is 1.39. The molecule has 70 valence electrons. The summed E-state index contributed by atoms with van der Waals surface area (Å²) >= 11 is 0. The van der Waals surface area contributed by atoms with Gasteiger partial charge in [-0.2, -0.15) is 5.10 Å². The molecule has 1 aromatic rings. The molecule has 1 aliphatic heterocycles. The third kappa shape index (κ3) is 1.92. The highest BCUT2D eigenvalue weighted by atomic mass is 16.5. The zero-order valence-electron chi connectivity index (χ0n) is 7.22. The van der Waals surface area contributed by atoms with Gasteiger partial charge >= 0.3 is 0 Å². The molecule has 2 rings (SSSR count). The maximum Gasteiger partial charge on any atom is 0.159 e. The maximum atomic E-state index is 11.5. The van der Waals surface area contributed by atoms with Crippen molar-refractivity contribution in [3.05, 3.63) is 12.7 Å². The van der Waals surface area contributed by atoms with E-state index in [9.17, 15) is 4.79 Å². The first-order chi connectivity index (χ1) is 6.36. The third-order valence-corrected chi connectivity index (χ3v) is 2.17. The van der Waals surface area contributed by atoms with Gasteiger partial charge in [-0.15, -0.1) is 0 Å². The summed E-state index contributed by atoms with van der Waals surface area (Å²) in [6.07, 6.45) is 3.82. The summed E-state index contributed by atoms with van der Waals surface area (Å²) < 4.78 is 6.67. The summed E-state index contributed by atoms with van der Waals surface area (Å²) in [6.45, 7) is 1.58. The van der Waals surface area contributed by atoms with E-state index in [1.54, 1.807) is 11.0 Å². The second-order valence-electron chi connectivity index (χ2n) is 3.12. The van der Waals surface area contributed by atoms with Crippen LogP contribution in [0.5, 0.6) is 0 Å². The van der Waals surface area contributed by atoms with Crippen molar-refractivity contribution in [1.82, 2.24) is 14.8 Å². The standard InChI is InChI=1S/C8H11N3O2/c12-8(7-1-2-13-4-7)3-11-6-9-5-10-11/h5-7H,1-4H2. The molecule has 1 saturated heterocycles. The van der Waals surface area contributed by atoms with Crippen LogP contribution in [0.2, 0.25) is 0 Å². The van der Waals surface area contributed by atoms with Gasteiger partial charge in [0.25, 0.3) is 0 Å². The molecule has 5 heteroatoms. The Bertz CT molecular complexity index is 278. The zero-order chi connectivity index (χ0) is 9.10. The Balaban J connectivity index is 1.91. The highest BCUT2D eigenvalue weighted by Crippen LogP contribution is 2.13. The molecule has 0 radical (unpaired) electrons. The summed E-state index contributed by atoms with van der Waals surface area (Å²) in [7, 11) is 0. The van der Waals surface area contributed by atoms with E-state index in [1.807, 2.05) is 0 Å². The lowest BCUT2D eigenvalue weighted by molar-refractivity contribution is -0.123. The fraction of sp³-hybridized carbons (Fsp3) is 0.625. The van der Waals surface area contributed by atoms with Crippen molar-refractivity contribution in [3.63, 3.8) is 0 Å². The average molecular weight is 181 g/mol. The van der Waals surface area contributed by atoms with Crippen LogP contribution in [-0.4, -0.2) is 33.8 Å². The minimum atomic E-state index is 0.0594. The van der Waals surface area contributed by atoms with Crippen molar-refractivity contribution in [2.45, 2.75) is 13.0 Å². The highest BCUT2D eigenvalue weighted by molar-refractivity contribution is 5.81. The van der Waals surface area contributed by atoms with Crippen LogP contribution in [0.25, 0.3) is 0 Å². The Labute approximate surface area is 75.7 Å². The maximum absolute atomic E-state index is 11.5. The molecule has 0 N–H and O–H groups in total. The first-order valence-corrected chi connectivity index (χ1v) is 4.29.